The van der Waals surface area contributed by atoms with Gasteiger partial charge in [-0.2, -0.15) is 0 Å². The lowest BCUT2D eigenvalue weighted by atomic mass is 9.98. The second-order valence-electron chi connectivity index (χ2n) is 4.69. The van der Waals surface area contributed by atoms with Gasteiger partial charge in [0.1, 0.15) is 0 Å². The van der Waals surface area contributed by atoms with Crippen LogP contribution in [0.1, 0.15) is 43.2 Å². The summed E-state index contributed by atoms with van der Waals surface area (Å²) in [6, 6.07) is 6.42. The van der Waals surface area contributed by atoms with Crippen molar-refractivity contribution in [2.45, 2.75) is 37.5 Å². The van der Waals surface area contributed by atoms with E-state index >= 15 is 0 Å². The molecule has 68 valence electrons. The molecule has 0 amide bonds. The summed E-state index contributed by atoms with van der Waals surface area (Å²) in [5.74, 6) is 0.679. The summed E-state index contributed by atoms with van der Waals surface area (Å²) in [6.45, 7) is 2.31. The van der Waals surface area contributed by atoms with E-state index in [0.29, 0.717) is 11.3 Å². The van der Waals surface area contributed by atoms with Gasteiger partial charge in [-0.1, -0.05) is 19.1 Å². The minimum Gasteiger partial charge on any atom is -0.398 e. The van der Waals surface area contributed by atoms with Gasteiger partial charge in [-0.25, -0.2) is 0 Å². The monoisotopic (exact) mass is 173 g/mol. The lowest BCUT2D eigenvalue weighted by Gasteiger charge is -2.08. The van der Waals surface area contributed by atoms with E-state index in [9.17, 15) is 0 Å². The molecule has 1 fully saturated rings. The quantitative estimate of drug-likeness (QED) is 0.600. The Balaban J connectivity index is 2.25. The number of benzene rings is 1. The first-order valence-electron chi connectivity index (χ1n) is 5.12. The zero-order chi connectivity index (χ0) is 9.05. The van der Waals surface area contributed by atoms with Gasteiger partial charge in [0.15, 0.2) is 0 Å². The average Bonchev–Trinajstić information content (AvgIpc) is 2.78. The van der Waals surface area contributed by atoms with Crippen molar-refractivity contribution in [3.8, 4) is 0 Å². The van der Waals surface area contributed by atoms with Crippen LogP contribution in [0.3, 0.4) is 0 Å². The second-order valence-corrected chi connectivity index (χ2v) is 4.69. The summed E-state index contributed by atoms with van der Waals surface area (Å²) in [7, 11) is 0. The molecule has 2 aliphatic rings. The van der Waals surface area contributed by atoms with Crippen molar-refractivity contribution in [2.75, 3.05) is 5.73 Å². The van der Waals surface area contributed by atoms with Crippen LogP contribution in [0.15, 0.2) is 18.2 Å². The van der Waals surface area contributed by atoms with Crippen LogP contribution in [0.4, 0.5) is 5.69 Å². The molecule has 1 heteroatoms. The number of hydrogen-bond donors (Lipinski definition) is 1. The Morgan fingerprint density at radius 1 is 1.38 bits per heavy atom. The molecule has 0 saturated heterocycles. The second kappa shape index (κ2) is 2.09. The summed E-state index contributed by atoms with van der Waals surface area (Å²) in [5.41, 5.74) is 10.6. The fourth-order valence-corrected chi connectivity index (χ4v) is 3.02. The molecule has 0 aromatic heterocycles. The summed E-state index contributed by atoms with van der Waals surface area (Å²) in [6.07, 6.45) is 4.10. The van der Waals surface area contributed by atoms with E-state index in [1.165, 1.54) is 24.8 Å². The third-order valence-electron chi connectivity index (χ3n) is 3.75. The van der Waals surface area contributed by atoms with Crippen LogP contribution in [0.2, 0.25) is 0 Å². The van der Waals surface area contributed by atoms with E-state index in [1.807, 2.05) is 6.07 Å². The minimum atomic E-state index is 0.560. The predicted molar refractivity (Wildman–Crippen MR) is 54.8 cm³/mol. The highest BCUT2D eigenvalue weighted by Gasteiger charge is 2.51. The molecule has 0 radical (unpaired) electrons. The largest absolute Gasteiger partial charge is 0.398 e. The van der Waals surface area contributed by atoms with E-state index in [0.717, 1.165) is 5.69 Å². The maximum atomic E-state index is 6.01. The predicted octanol–water partition coefficient (Wildman–Crippen LogP) is 2.81. The maximum Gasteiger partial charge on any atom is 0.0352 e. The highest BCUT2D eigenvalue weighted by molar-refractivity contribution is 5.59. The van der Waals surface area contributed by atoms with Crippen LogP contribution in [0.25, 0.3) is 0 Å². The number of rotatable bonds is 0. The number of nitrogens with two attached hydrogens (primary N) is 1. The summed E-state index contributed by atoms with van der Waals surface area (Å²) >= 11 is 0. The molecule has 3 rings (SSSR count). The van der Waals surface area contributed by atoms with Gasteiger partial charge in [-0.05, 0) is 47.8 Å². The first-order valence-corrected chi connectivity index (χ1v) is 5.12. The van der Waals surface area contributed by atoms with Gasteiger partial charge < -0.3 is 5.73 Å². The molecule has 0 heterocycles. The van der Waals surface area contributed by atoms with Crippen molar-refractivity contribution < 1.29 is 0 Å². The number of hydrogen-bond acceptors (Lipinski definition) is 1. The third kappa shape index (κ3) is 0.822. The first-order chi connectivity index (χ1) is 6.23. The van der Waals surface area contributed by atoms with Gasteiger partial charge in [0, 0.05) is 5.69 Å². The Morgan fingerprint density at radius 2 is 2.15 bits per heavy atom. The lowest BCUT2D eigenvalue weighted by Crippen LogP contribution is -1.99. The Hall–Kier alpha value is -0.980. The molecule has 1 spiro atoms. The van der Waals surface area contributed by atoms with E-state index in [1.54, 1.807) is 5.56 Å². The minimum absolute atomic E-state index is 0.560. The molecule has 1 nitrogen and oxygen atoms in total. The van der Waals surface area contributed by atoms with Gasteiger partial charge in [0.05, 0.1) is 0 Å². The van der Waals surface area contributed by atoms with E-state index < -0.39 is 0 Å². The SMILES string of the molecule is C[C@@H]1CC2(CC2)c2cccc(N)c21. The van der Waals surface area contributed by atoms with Crippen molar-refractivity contribution in [1.82, 2.24) is 0 Å². The fraction of sp³-hybridized carbons (Fsp3) is 0.500. The van der Waals surface area contributed by atoms with Crippen LogP contribution in [-0.2, 0) is 5.41 Å². The van der Waals surface area contributed by atoms with E-state index in [-0.39, 0.29) is 0 Å². The Morgan fingerprint density at radius 3 is 2.85 bits per heavy atom. The van der Waals surface area contributed by atoms with Gasteiger partial charge in [-0.3, -0.25) is 0 Å². The van der Waals surface area contributed by atoms with Gasteiger partial charge in [-0.15, -0.1) is 0 Å². The van der Waals surface area contributed by atoms with Crippen LogP contribution >= 0.6 is 0 Å². The van der Waals surface area contributed by atoms with Gasteiger partial charge in [0.25, 0.3) is 0 Å². The van der Waals surface area contributed by atoms with Crippen molar-refractivity contribution in [3.05, 3.63) is 29.3 Å². The first kappa shape index (κ1) is 7.43. The molecular formula is C12H15N. The van der Waals surface area contributed by atoms with Gasteiger partial charge >= 0.3 is 0 Å². The number of fused-ring (bicyclic) bond motifs is 2. The zero-order valence-corrected chi connectivity index (χ0v) is 8.01. The Labute approximate surface area is 78.9 Å². The smallest absolute Gasteiger partial charge is 0.0352 e. The van der Waals surface area contributed by atoms with Gasteiger partial charge in [0.2, 0.25) is 0 Å². The zero-order valence-electron chi connectivity index (χ0n) is 8.01. The molecule has 0 unspecified atom stereocenters. The van der Waals surface area contributed by atoms with Crippen LogP contribution in [-0.4, -0.2) is 0 Å². The molecule has 0 bridgehead atoms. The molecule has 1 aromatic carbocycles. The molecule has 1 aromatic rings. The Kier molecular flexibility index (Phi) is 1.19. The Bertz CT molecular complexity index is 363. The molecule has 2 aliphatic carbocycles. The highest BCUT2D eigenvalue weighted by atomic mass is 14.6. The molecule has 1 atom stereocenters. The molecule has 1 saturated carbocycles. The topological polar surface area (TPSA) is 26.0 Å². The van der Waals surface area contributed by atoms with Crippen molar-refractivity contribution in [3.63, 3.8) is 0 Å². The maximum absolute atomic E-state index is 6.01. The van der Waals surface area contributed by atoms with Crippen molar-refractivity contribution in [1.29, 1.82) is 0 Å². The summed E-state index contributed by atoms with van der Waals surface area (Å²) in [4.78, 5) is 0. The normalized spacial score (nSPS) is 27.6. The standard InChI is InChI=1S/C12H15N/c1-8-7-12(5-6-12)9-3-2-4-10(13)11(8)9/h2-4,8H,5-7,13H2,1H3/t8-/m1/s1. The molecule has 0 aliphatic heterocycles. The third-order valence-corrected chi connectivity index (χ3v) is 3.75. The highest BCUT2D eigenvalue weighted by Crippen LogP contribution is 2.61. The van der Waals surface area contributed by atoms with E-state index in [4.69, 9.17) is 5.73 Å². The fourth-order valence-electron chi connectivity index (χ4n) is 3.02. The summed E-state index contributed by atoms with van der Waals surface area (Å²) < 4.78 is 0. The molecule has 2 N–H and O–H groups in total. The average molecular weight is 173 g/mol. The molecule has 13 heavy (non-hydrogen) atoms. The van der Waals surface area contributed by atoms with Crippen LogP contribution in [0.5, 0.6) is 0 Å². The van der Waals surface area contributed by atoms with E-state index in [2.05, 4.69) is 19.1 Å². The van der Waals surface area contributed by atoms with Crippen LogP contribution in [0, 0.1) is 0 Å². The number of anilines is 1. The number of nitrogen functional groups attached to an aromatic ring is 1. The van der Waals surface area contributed by atoms with Crippen molar-refractivity contribution >= 4 is 5.69 Å². The van der Waals surface area contributed by atoms with Crippen molar-refractivity contribution in [2.24, 2.45) is 0 Å². The molecular weight excluding hydrogens is 158 g/mol. The lowest BCUT2D eigenvalue weighted by molar-refractivity contribution is 0.614. The van der Waals surface area contributed by atoms with Crippen LogP contribution < -0.4 is 5.73 Å². The summed E-state index contributed by atoms with van der Waals surface area (Å²) in [5, 5.41) is 0.